The Morgan fingerprint density at radius 1 is 1.12 bits per heavy atom. The largest absolute Gasteiger partial charge is 0.480 e. The summed E-state index contributed by atoms with van der Waals surface area (Å²) in [6, 6.07) is 10.9. The first-order chi connectivity index (χ1) is 15.5. The zero-order valence-electron chi connectivity index (χ0n) is 18.3. The van der Waals surface area contributed by atoms with Gasteiger partial charge in [0.1, 0.15) is 11.3 Å². The third-order valence-electron chi connectivity index (χ3n) is 5.63. The van der Waals surface area contributed by atoms with Crippen LogP contribution in [-0.2, 0) is 0 Å². The highest BCUT2D eigenvalue weighted by atomic mass is 16.5. The number of carbonyl (C=O) groups excluding carboxylic acids is 2. The number of amides is 2. The van der Waals surface area contributed by atoms with Crippen molar-refractivity contribution in [2.24, 2.45) is 0 Å². The van der Waals surface area contributed by atoms with Crippen LogP contribution in [0.25, 0.3) is 11.3 Å². The molecule has 4 rings (SSSR count). The van der Waals surface area contributed by atoms with Crippen LogP contribution >= 0.6 is 0 Å². The van der Waals surface area contributed by atoms with Crippen molar-refractivity contribution in [2.75, 3.05) is 20.2 Å². The van der Waals surface area contributed by atoms with Crippen LogP contribution in [0.3, 0.4) is 0 Å². The fourth-order valence-electron chi connectivity index (χ4n) is 3.87. The van der Waals surface area contributed by atoms with Crippen molar-refractivity contribution in [1.29, 1.82) is 0 Å². The van der Waals surface area contributed by atoms with Crippen LogP contribution in [0.4, 0.5) is 0 Å². The molecule has 1 N–H and O–H groups in total. The Labute approximate surface area is 185 Å². The molecule has 166 valence electrons. The molecule has 2 amide bonds. The van der Waals surface area contributed by atoms with Gasteiger partial charge in [-0.25, -0.2) is 0 Å². The number of hydrogen-bond acceptors (Lipinski definition) is 7. The first-order valence-corrected chi connectivity index (χ1v) is 10.5. The van der Waals surface area contributed by atoms with Crippen molar-refractivity contribution in [2.45, 2.75) is 32.7 Å². The maximum absolute atomic E-state index is 13.1. The highest BCUT2D eigenvalue weighted by Gasteiger charge is 2.27. The lowest BCUT2D eigenvalue weighted by Crippen LogP contribution is -2.46. The van der Waals surface area contributed by atoms with Crippen LogP contribution in [0, 0.1) is 13.8 Å². The Hall–Kier alpha value is -3.75. The minimum Gasteiger partial charge on any atom is -0.480 e. The SMILES string of the molecule is COc1ccc(-c2cccc(C(=O)N3CCC(NC(=O)c4c(C)noc4C)CC3)c2)nn1. The molecule has 0 saturated carbocycles. The molecule has 0 bridgehead atoms. The predicted octanol–water partition coefficient (Wildman–Crippen LogP) is 2.79. The van der Waals surface area contributed by atoms with E-state index in [-0.39, 0.29) is 17.9 Å². The number of ether oxygens (including phenoxy) is 1. The molecule has 2 aromatic heterocycles. The third kappa shape index (κ3) is 4.46. The first-order valence-electron chi connectivity index (χ1n) is 10.5. The van der Waals surface area contributed by atoms with Gasteiger partial charge in [0, 0.05) is 36.3 Å². The van der Waals surface area contributed by atoms with Gasteiger partial charge in [0.2, 0.25) is 5.88 Å². The maximum atomic E-state index is 13.1. The molecule has 0 unspecified atom stereocenters. The van der Waals surface area contributed by atoms with Gasteiger partial charge in [-0.2, -0.15) is 0 Å². The Bertz CT molecular complexity index is 1100. The molecular weight excluding hydrogens is 410 g/mol. The van der Waals surface area contributed by atoms with Crippen molar-refractivity contribution < 1.29 is 18.8 Å². The average molecular weight is 435 g/mol. The number of aryl methyl sites for hydroxylation is 2. The number of methoxy groups -OCH3 is 1. The second-order valence-electron chi connectivity index (χ2n) is 7.78. The van der Waals surface area contributed by atoms with E-state index in [0.717, 1.165) is 5.56 Å². The fraction of sp³-hybridized carbons (Fsp3) is 0.348. The third-order valence-corrected chi connectivity index (χ3v) is 5.63. The predicted molar refractivity (Wildman–Crippen MR) is 116 cm³/mol. The summed E-state index contributed by atoms with van der Waals surface area (Å²) in [7, 11) is 1.54. The number of nitrogens with zero attached hydrogens (tertiary/aromatic N) is 4. The molecule has 3 aromatic rings. The number of piperidine rings is 1. The van der Waals surface area contributed by atoms with Gasteiger partial charge in [-0.15, -0.1) is 10.2 Å². The molecule has 1 aliphatic rings. The number of carbonyl (C=O) groups is 2. The lowest BCUT2D eigenvalue weighted by Gasteiger charge is -2.32. The van der Waals surface area contributed by atoms with E-state index >= 15 is 0 Å². The molecule has 0 radical (unpaired) electrons. The Kier molecular flexibility index (Phi) is 6.16. The van der Waals surface area contributed by atoms with Gasteiger partial charge in [-0.05, 0) is 44.9 Å². The van der Waals surface area contributed by atoms with Gasteiger partial charge in [0.05, 0.1) is 18.5 Å². The molecule has 0 atom stereocenters. The molecule has 1 saturated heterocycles. The van der Waals surface area contributed by atoms with Crippen molar-refractivity contribution in [1.82, 2.24) is 25.6 Å². The normalized spacial score (nSPS) is 14.3. The summed E-state index contributed by atoms with van der Waals surface area (Å²) in [5.41, 5.74) is 3.14. The lowest BCUT2D eigenvalue weighted by atomic mass is 10.0. The smallest absolute Gasteiger partial charge is 0.257 e. The van der Waals surface area contributed by atoms with Gasteiger partial charge in [0.15, 0.2) is 0 Å². The maximum Gasteiger partial charge on any atom is 0.257 e. The van der Waals surface area contributed by atoms with Crippen LogP contribution in [0.2, 0.25) is 0 Å². The van der Waals surface area contributed by atoms with E-state index in [9.17, 15) is 9.59 Å². The quantitative estimate of drug-likeness (QED) is 0.656. The molecule has 1 aliphatic heterocycles. The molecule has 0 aliphatic carbocycles. The van der Waals surface area contributed by atoms with Crippen LogP contribution < -0.4 is 10.1 Å². The van der Waals surface area contributed by atoms with Gasteiger partial charge in [-0.3, -0.25) is 9.59 Å². The molecule has 9 nitrogen and oxygen atoms in total. The lowest BCUT2D eigenvalue weighted by molar-refractivity contribution is 0.0698. The van der Waals surface area contributed by atoms with E-state index in [1.807, 2.05) is 29.2 Å². The van der Waals surface area contributed by atoms with Crippen molar-refractivity contribution >= 4 is 11.8 Å². The number of benzene rings is 1. The van der Waals surface area contributed by atoms with Gasteiger partial charge in [0.25, 0.3) is 11.8 Å². The van der Waals surface area contributed by atoms with E-state index < -0.39 is 0 Å². The second kappa shape index (κ2) is 9.17. The number of nitrogens with one attached hydrogen (secondary N) is 1. The molecule has 9 heteroatoms. The van der Waals surface area contributed by atoms with E-state index in [1.54, 1.807) is 26.0 Å². The van der Waals surface area contributed by atoms with Crippen molar-refractivity contribution in [3.05, 3.63) is 59.0 Å². The van der Waals surface area contributed by atoms with E-state index in [2.05, 4.69) is 20.7 Å². The highest BCUT2D eigenvalue weighted by molar-refractivity contribution is 5.96. The molecular formula is C23H25N5O4. The summed E-state index contributed by atoms with van der Waals surface area (Å²) in [4.78, 5) is 27.4. The van der Waals surface area contributed by atoms with Gasteiger partial charge in [-0.1, -0.05) is 17.3 Å². The number of aromatic nitrogens is 3. The minimum atomic E-state index is -0.181. The summed E-state index contributed by atoms with van der Waals surface area (Å²) in [5, 5.41) is 15.0. The number of rotatable bonds is 5. The van der Waals surface area contributed by atoms with E-state index in [0.29, 0.717) is 60.1 Å². The highest BCUT2D eigenvalue weighted by Crippen LogP contribution is 2.21. The molecule has 1 aromatic carbocycles. The number of hydrogen-bond donors (Lipinski definition) is 1. The van der Waals surface area contributed by atoms with E-state index in [1.165, 1.54) is 7.11 Å². The minimum absolute atomic E-state index is 0.00107. The topological polar surface area (TPSA) is 110 Å². The standard InChI is InChI=1S/C23H25N5O4/c1-14-21(15(2)32-27-14)22(29)24-18-9-11-28(12-10-18)23(30)17-6-4-5-16(13-17)19-7-8-20(31-3)26-25-19/h4-8,13,18H,9-12H2,1-3H3,(H,24,29). The van der Waals surface area contributed by atoms with E-state index in [4.69, 9.17) is 9.26 Å². The van der Waals surface area contributed by atoms with Crippen molar-refractivity contribution in [3.8, 4) is 17.1 Å². The van der Waals surface area contributed by atoms with Gasteiger partial charge < -0.3 is 19.5 Å². The van der Waals surface area contributed by atoms with Crippen LogP contribution in [0.5, 0.6) is 5.88 Å². The summed E-state index contributed by atoms with van der Waals surface area (Å²) < 4.78 is 10.1. The first kappa shape index (κ1) is 21.5. The Morgan fingerprint density at radius 3 is 2.53 bits per heavy atom. The summed E-state index contributed by atoms with van der Waals surface area (Å²) >= 11 is 0. The van der Waals surface area contributed by atoms with Gasteiger partial charge >= 0.3 is 0 Å². The monoisotopic (exact) mass is 435 g/mol. The summed E-state index contributed by atoms with van der Waals surface area (Å²) in [5.74, 6) is 0.725. The average Bonchev–Trinajstić information content (AvgIpc) is 3.17. The molecule has 1 fully saturated rings. The fourth-order valence-corrected chi connectivity index (χ4v) is 3.87. The van der Waals surface area contributed by atoms with Crippen LogP contribution in [0.1, 0.15) is 45.0 Å². The zero-order chi connectivity index (χ0) is 22.7. The molecule has 0 spiro atoms. The molecule has 3 heterocycles. The zero-order valence-corrected chi connectivity index (χ0v) is 18.3. The number of likely N-dealkylation sites (tertiary alicyclic amines) is 1. The van der Waals surface area contributed by atoms with Crippen LogP contribution in [0.15, 0.2) is 40.9 Å². The summed E-state index contributed by atoms with van der Waals surface area (Å²) in [6.07, 6.45) is 1.37. The Morgan fingerprint density at radius 2 is 1.91 bits per heavy atom. The summed E-state index contributed by atoms with van der Waals surface area (Å²) in [6.45, 7) is 4.61. The second-order valence-corrected chi connectivity index (χ2v) is 7.78. The van der Waals surface area contributed by atoms with Crippen LogP contribution in [-0.4, -0.2) is 58.3 Å². The van der Waals surface area contributed by atoms with Crippen molar-refractivity contribution in [3.63, 3.8) is 0 Å². The Balaban J connectivity index is 1.37. The molecule has 32 heavy (non-hydrogen) atoms.